The molecular weight excluding hydrogens is 686 g/mol. The lowest BCUT2D eigenvalue weighted by atomic mass is 9.65. The molecule has 4 nitrogen and oxygen atoms in total. The fourth-order valence-electron chi connectivity index (χ4n) is 9.71. The molecule has 4 heterocycles. The predicted molar refractivity (Wildman–Crippen MR) is 230 cm³/mol. The van der Waals surface area contributed by atoms with Crippen molar-refractivity contribution < 1.29 is 9.31 Å². The van der Waals surface area contributed by atoms with Gasteiger partial charge in [-0.1, -0.05) is 158 Å². The lowest BCUT2D eigenvalue weighted by molar-refractivity contribution is 0.603. The minimum Gasteiger partial charge on any atom is -0.536 e. The van der Waals surface area contributed by atoms with Crippen LogP contribution in [0.4, 0.5) is 22.7 Å². The van der Waals surface area contributed by atoms with Gasteiger partial charge in [-0.05, 0) is 79.2 Å². The third kappa shape index (κ3) is 4.24. The van der Waals surface area contributed by atoms with E-state index in [-0.39, 0.29) is 14.1 Å². The van der Waals surface area contributed by atoms with Crippen LogP contribution in [0.5, 0.6) is 11.5 Å². The third-order valence-corrected chi connectivity index (χ3v) is 16.8. The Balaban J connectivity index is 1.08. The molecule has 8 aromatic carbocycles. The first-order chi connectivity index (χ1) is 27.3. The Bertz CT molecular complexity index is 2790. The molecule has 8 aromatic rings. The molecule has 12 rings (SSSR count). The van der Waals surface area contributed by atoms with Gasteiger partial charge in [-0.3, -0.25) is 0 Å². The van der Waals surface area contributed by atoms with E-state index in [1.807, 2.05) is 0 Å². The van der Waals surface area contributed by atoms with Crippen LogP contribution in [-0.4, -0.2) is 22.2 Å². The maximum Gasteiger partial charge on any atom is 0.524 e. The number of anilines is 4. The molecular formula is C48H32B2N2O2Si. The first-order valence-electron chi connectivity index (χ1n) is 19.0. The monoisotopic (exact) mass is 718 g/mol. The summed E-state index contributed by atoms with van der Waals surface area (Å²) in [4.78, 5) is 4.79. The predicted octanol–water partition coefficient (Wildman–Crippen LogP) is 6.88. The molecule has 256 valence electrons. The molecule has 0 spiro atoms. The van der Waals surface area contributed by atoms with Crippen molar-refractivity contribution in [3.05, 3.63) is 194 Å². The van der Waals surface area contributed by atoms with Crippen LogP contribution in [0.15, 0.2) is 194 Å². The number of rotatable bonds is 4. The Morgan fingerprint density at radius 3 is 1.38 bits per heavy atom. The van der Waals surface area contributed by atoms with E-state index in [0.29, 0.717) is 0 Å². The Hall–Kier alpha value is -6.69. The number of para-hydroxylation sites is 2. The Morgan fingerprint density at radius 2 is 0.782 bits per heavy atom. The standard InChI is InChI=1S/C48H32B2N2O2Si/c1-3-15-33(16-4-1)55(34-17-5-2-6-18-34,35-28-30-47-46(31-35)52-44-26-14-10-22-40(44)38-20-8-12-24-42(38)50(52)53-47)36-27-29-45-48(32-36)54-49-41-23-11-7-19-37(41)39-21-9-13-25-43(39)51(45)49/h1-32H. The van der Waals surface area contributed by atoms with E-state index in [0.717, 1.165) is 28.6 Å². The van der Waals surface area contributed by atoms with Gasteiger partial charge in [0.2, 0.25) is 0 Å². The van der Waals surface area contributed by atoms with Gasteiger partial charge in [-0.15, -0.1) is 0 Å². The normalized spacial score (nSPS) is 14.0. The van der Waals surface area contributed by atoms with Crippen molar-refractivity contribution in [1.82, 2.24) is 0 Å². The number of fused-ring (bicyclic) bond motifs is 16. The molecule has 4 aliphatic heterocycles. The van der Waals surface area contributed by atoms with E-state index < -0.39 is 8.07 Å². The van der Waals surface area contributed by atoms with Gasteiger partial charge in [0.15, 0.2) is 8.07 Å². The molecule has 0 atom stereocenters. The minimum atomic E-state index is -2.98. The molecule has 7 heteroatoms. The van der Waals surface area contributed by atoms with Crippen LogP contribution in [-0.2, 0) is 0 Å². The van der Waals surface area contributed by atoms with E-state index in [9.17, 15) is 0 Å². The van der Waals surface area contributed by atoms with E-state index in [1.165, 1.54) is 59.6 Å². The van der Waals surface area contributed by atoms with Crippen molar-refractivity contribution in [1.29, 1.82) is 0 Å². The van der Waals surface area contributed by atoms with Crippen molar-refractivity contribution in [3.8, 4) is 33.8 Å². The maximum absolute atomic E-state index is 7.07. The van der Waals surface area contributed by atoms with Crippen LogP contribution in [0, 0.1) is 0 Å². The summed E-state index contributed by atoms with van der Waals surface area (Å²) >= 11 is 0. The number of nitrogens with zero attached hydrogens (tertiary/aromatic N) is 2. The number of benzene rings is 8. The minimum absolute atomic E-state index is 0.239. The highest BCUT2D eigenvalue weighted by Gasteiger charge is 2.49. The van der Waals surface area contributed by atoms with Gasteiger partial charge in [0.05, 0.1) is 11.4 Å². The first kappa shape index (κ1) is 30.7. The first-order valence-corrected chi connectivity index (χ1v) is 21.0. The van der Waals surface area contributed by atoms with Gasteiger partial charge >= 0.3 is 14.1 Å². The highest BCUT2D eigenvalue weighted by Crippen LogP contribution is 2.48. The zero-order valence-electron chi connectivity index (χ0n) is 29.8. The molecule has 0 radical (unpaired) electrons. The lowest BCUT2D eigenvalue weighted by Crippen LogP contribution is -2.74. The van der Waals surface area contributed by atoms with Crippen LogP contribution in [0.3, 0.4) is 0 Å². The molecule has 0 aliphatic carbocycles. The molecule has 0 aromatic heterocycles. The second kappa shape index (κ2) is 11.7. The Kier molecular flexibility index (Phi) is 6.51. The summed E-state index contributed by atoms with van der Waals surface area (Å²) in [6.07, 6.45) is 0. The molecule has 0 amide bonds. The molecule has 0 fully saturated rings. The summed E-state index contributed by atoms with van der Waals surface area (Å²) in [5.41, 5.74) is 11.8. The van der Waals surface area contributed by atoms with Crippen molar-refractivity contribution in [2.45, 2.75) is 0 Å². The molecule has 0 N–H and O–H groups in total. The lowest BCUT2D eigenvalue weighted by Gasteiger charge is -2.36. The number of hydrogen-bond donors (Lipinski definition) is 0. The SMILES string of the molecule is c1ccc([Si](c2ccccc2)(c2ccc3c(c2)OB2c4ccccc4-c4ccccc4N23)c2ccc3c(c2)N2B(O3)c3ccccc3-c3ccccc32)cc1. The van der Waals surface area contributed by atoms with Gasteiger partial charge < -0.3 is 18.9 Å². The average molecular weight is 719 g/mol. The van der Waals surface area contributed by atoms with Gasteiger partial charge in [0.1, 0.15) is 11.5 Å². The summed E-state index contributed by atoms with van der Waals surface area (Å²) in [5, 5.41) is 5.18. The Morgan fingerprint density at radius 1 is 0.327 bits per heavy atom. The summed E-state index contributed by atoms with van der Waals surface area (Å²) < 4.78 is 13.9. The second-order valence-electron chi connectivity index (χ2n) is 14.7. The summed E-state index contributed by atoms with van der Waals surface area (Å²) in [7, 11) is -3.46. The van der Waals surface area contributed by atoms with E-state index in [1.54, 1.807) is 0 Å². The van der Waals surface area contributed by atoms with Gasteiger partial charge in [-0.2, -0.15) is 0 Å². The van der Waals surface area contributed by atoms with Gasteiger partial charge in [0, 0.05) is 22.5 Å². The fraction of sp³-hybridized carbons (Fsp3) is 0. The zero-order chi connectivity index (χ0) is 36.1. The van der Waals surface area contributed by atoms with Gasteiger partial charge in [-0.25, -0.2) is 0 Å². The summed E-state index contributed by atoms with van der Waals surface area (Å²) in [5.74, 6) is 1.81. The van der Waals surface area contributed by atoms with E-state index in [4.69, 9.17) is 9.31 Å². The fourth-order valence-corrected chi connectivity index (χ4v) is 14.5. The molecule has 4 aliphatic rings. The van der Waals surface area contributed by atoms with E-state index in [2.05, 4.69) is 204 Å². The van der Waals surface area contributed by atoms with Crippen LogP contribution in [0.25, 0.3) is 22.3 Å². The van der Waals surface area contributed by atoms with Crippen LogP contribution >= 0.6 is 0 Å². The molecule has 55 heavy (non-hydrogen) atoms. The van der Waals surface area contributed by atoms with E-state index >= 15 is 0 Å². The van der Waals surface area contributed by atoms with Crippen molar-refractivity contribution >= 4 is 76.6 Å². The van der Waals surface area contributed by atoms with Crippen molar-refractivity contribution in [2.24, 2.45) is 0 Å². The highest BCUT2D eigenvalue weighted by molar-refractivity contribution is 7.20. The molecule has 0 bridgehead atoms. The largest absolute Gasteiger partial charge is 0.536 e. The topological polar surface area (TPSA) is 24.9 Å². The van der Waals surface area contributed by atoms with Crippen molar-refractivity contribution in [3.63, 3.8) is 0 Å². The molecule has 0 saturated carbocycles. The molecule has 0 unspecified atom stereocenters. The van der Waals surface area contributed by atoms with Crippen LogP contribution in [0.2, 0.25) is 0 Å². The van der Waals surface area contributed by atoms with Crippen molar-refractivity contribution in [2.75, 3.05) is 9.62 Å². The Labute approximate surface area is 322 Å². The summed E-state index contributed by atoms with van der Waals surface area (Å²) in [6.45, 7) is 0. The average Bonchev–Trinajstić information content (AvgIpc) is 3.85. The summed E-state index contributed by atoms with van der Waals surface area (Å²) in [6, 6.07) is 71.0. The molecule has 0 saturated heterocycles. The van der Waals surface area contributed by atoms with Crippen LogP contribution in [0.1, 0.15) is 0 Å². The quantitative estimate of drug-likeness (QED) is 0.147. The highest BCUT2D eigenvalue weighted by atomic mass is 28.3. The third-order valence-electron chi connectivity index (χ3n) is 12.0. The van der Waals surface area contributed by atoms with Gasteiger partial charge in [0.25, 0.3) is 0 Å². The maximum atomic E-state index is 7.07. The van der Waals surface area contributed by atoms with Crippen LogP contribution < -0.4 is 50.6 Å². The second-order valence-corrected chi connectivity index (χ2v) is 18.5. The zero-order valence-corrected chi connectivity index (χ0v) is 30.8. The smallest absolute Gasteiger partial charge is 0.524 e. The number of hydrogen-bond acceptors (Lipinski definition) is 4.